The fourth-order valence-corrected chi connectivity index (χ4v) is 3.85. The first kappa shape index (κ1) is 13.6. The predicted molar refractivity (Wildman–Crippen MR) is 73.2 cm³/mol. The van der Waals surface area contributed by atoms with Gasteiger partial charge in [0.2, 0.25) is 0 Å². The van der Waals surface area contributed by atoms with E-state index in [4.69, 9.17) is 4.74 Å². The lowest BCUT2D eigenvalue weighted by atomic mass is 9.76. The number of ether oxygens (including phenoxy) is 1. The fourth-order valence-electron chi connectivity index (χ4n) is 3.85. The number of rotatable bonds is 6. The van der Waals surface area contributed by atoms with Crippen LogP contribution in [0, 0.1) is 17.3 Å². The van der Waals surface area contributed by atoms with Crippen molar-refractivity contribution < 1.29 is 9.53 Å². The van der Waals surface area contributed by atoms with E-state index in [0.717, 1.165) is 18.8 Å². The smallest absolute Gasteiger partial charge is 0.302 e. The van der Waals surface area contributed by atoms with Gasteiger partial charge >= 0.3 is 5.97 Å². The topological polar surface area (TPSA) is 26.3 Å². The Hall–Kier alpha value is -0.790. The van der Waals surface area contributed by atoms with Crippen LogP contribution in [0.3, 0.4) is 0 Å². The monoisotopic (exact) mass is 250 g/mol. The largest absolute Gasteiger partial charge is 0.462 e. The van der Waals surface area contributed by atoms with E-state index in [1.54, 1.807) is 0 Å². The quantitative estimate of drug-likeness (QED) is 0.524. The lowest BCUT2D eigenvalue weighted by Crippen LogP contribution is -2.34. The molecule has 102 valence electrons. The highest BCUT2D eigenvalue weighted by Gasteiger charge is 2.58. The van der Waals surface area contributed by atoms with Crippen LogP contribution < -0.4 is 0 Å². The number of hydrogen-bond acceptors (Lipinski definition) is 2. The van der Waals surface area contributed by atoms with Gasteiger partial charge in [-0.15, -0.1) is 6.58 Å². The van der Waals surface area contributed by atoms with Gasteiger partial charge in [-0.05, 0) is 49.4 Å². The molecule has 0 saturated heterocycles. The summed E-state index contributed by atoms with van der Waals surface area (Å²) in [7, 11) is 0. The maximum absolute atomic E-state index is 11.3. The molecule has 0 amide bonds. The van der Waals surface area contributed by atoms with Crippen molar-refractivity contribution in [3.63, 3.8) is 0 Å². The number of esters is 1. The molecule has 2 fully saturated rings. The molecule has 2 aliphatic carbocycles. The number of hydrogen-bond donors (Lipinski definition) is 0. The maximum Gasteiger partial charge on any atom is 0.302 e. The van der Waals surface area contributed by atoms with E-state index in [0.29, 0.717) is 11.3 Å². The molecule has 0 aromatic carbocycles. The average Bonchev–Trinajstić information content (AvgIpc) is 3.00. The zero-order valence-electron chi connectivity index (χ0n) is 11.8. The molecule has 2 heteroatoms. The summed E-state index contributed by atoms with van der Waals surface area (Å²) in [6, 6.07) is 0. The van der Waals surface area contributed by atoms with Gasteiger partial charge in [-0.3, -0.25) is 4.79 Å². The number of unbranched alkanes of at least 4 members (excludes halogenated alkanes) is 1. The molecule has 4 atom stereocenters. The highest BCUT2D eigenvalue weighted by atomic mass is 16.5. The molecule has 0 spiro atoms. The lowest BCUT2D eigenvalue weighted by molar-refractivity contribution is -0.152. The van der Waals surface area contributed by atoms with Gasteiger partial charge in [-0.1, -0.05) is 25.8 Å². The van der Waals surface area contributed by atoms with Gasteiger partial charge in [0.25, 0.3) is 0 Å². The molecular weight excluding hydrogens is 224 g/mol. The summed E-state index contributed by atoms with van der Waals surface area (Å²) in [4.78, 5) is 11.3. The van der Waals surface area contributed by atoms with Crippen LogP contribution in [0.15, 0.2) is 12.7 Å². The van der Waals surface area contributed by atoms with Crippen molar-refractivity contribution in [1.82, 2.24) is 0 Å². The third-order valence-electron chi connectivity index (χ3n) is 4.89. The third-order valence-corrected chi connectivity index (χ3v) is 4.89. The summed E-state index contributed by atoms with van der Waals surface area (Å²) >= 11 is 0. The highest BCUT2D eigenvalue weighted by molar-refractivity contribution is 5.66. The molecule has 0 aromatic rings. The first-order valence-electron chi connectivity index (χ1n) is 7.39. The molecule has 0 aliphatic heterocycles. The van der Waals surface area contributed by atoms with E-state index in [2.05, 4.69) is 13.5 Å². The van der Waals surface area contributed by atoms with Crippen molar-refractivity contribution in [2.75, 3.05) is 0 Å². The van der Waals surface area contributed by atoms with E-state index < -0.39 is 0 Å². The van der Waals surface area contributed by atoms with Gasteiger partial charge in [0.1, 0.15) is 6.10 Å². The summed E-state index contributed by atoms with van der Waals surface area (Å²) in [6.45, 7) is 7.61. The first-order chi connectivity index (χ1) is 8.61. The van der Waals surface area contributed by atoms with Crippen LogP contribution in [-0.4, -0.2) is 12.1 Å². The summed E-state index contributed by atoms with van der Waals surface area (Å²) in [6.07, 6.45) is 10.7. The Morgan fingerprint density at radius 2 is 2.28 bits per heavy atom. The van der Waals surface area contributed by atoms with Gasteiger partial charge in [0.05, 0.1) is 0 Å². The maximum atomic E-state index is 11.3. The molecular formula is C16H26O2. The SMILES string of the molecule is C=CC[C@H]1C[C@H]2C[C@@]2(CCCC)C[C@H]1OC(C)=O. The normalized spacial score (nSPS) is 37.8. The molecule has 0 bridgehead atoms. The van der Waals surface area contributed by atoms with Crippen LogP contribution in [0.25, 0.3) is 0 Å². The van der Waals surface area contributed by atoms with Crippen LogP contribution in [0.5, 0.6) is 0 Å². The second kappa shape index (κ2) is 5.46. The van der Waals surface area contributed by atoms with Gasteiger partial charge in [0, 0.05) is 6.92 Å². The van der Waals surface area contributed by atoms with Crippen LogP contribution in [0.2, 0.25) is 0 Å². The molecule has 18 heavy (non-hydrogen) atoms. The van der Waals surface area contributed by atoms with Gasteiger partial charge < -0.3 is 4.74 Å². The van der Waals surface area contributed by atoms with Crippen LogP contribution >= 0.6 is 0 Å². The Labute approximate surface area is 111 Å². The lowest BCUT2D eigenvalue weighted by Gasteiger charge is -2.35. The van der Waals surface area contributed by atoms with Crippen LogP contribution in [0.1, 0.15) is 58.8 Å². The van der Waals surface area contributed by atoms with E-state index in [9.17, 15) is 4.79 Å². The molecule has 0 heterocycles. The molecule has 2 aliphatic rings. The van der Waals surface area contributed by atoms with Gasteiger partial charge in [0.15, 0.2) is 0 Å². The Bertz CT molecular complexity index is 323. The minimum atomic E-state index is -0.126. The van der Waals surface area contributed by atoms with Crippen molar-refractivity contribution >= 4 is 5.97 Å². The molecule has 2 nitrogen and oxygen atoms in total. The average molecular weight is 250 g/mol. The Kier molecular flexibility index (Phi) is 4.14. The number of allylic oxidation sites excluding steroid dienone is 1. The molecule has 2 saturated carbocycles. The van der Waals surface area contributed by atoms with E-state index >= 15 is 0 Å². The van der Waals surface area contributed by atoms with Gasteiger partial charge in [-0.2, -0.15) is 0 Å². The van der Waals surface area contributed by atoms with Crippen LogP contribution in [-0.2, 0) is 9.53 Å². The van der Waals surface area contributed by atoms with E-state index in [1.165, 1.54) is 39.0 Å². The number of carbonyl (C=O) groups excluding carboxylic acids is 1. The molecule has 0 unspecified atom stereocenters. The summed E-state index contributed by atoms with van der Waals surface area (Å²) in [5.41, 5.74) is 0.522. The standard InChI is InChI=1S/C16H26O2/c1-4-6-8-16-10-14(16)9-13(7-5-2)15(11-16)18-12(3)17/h5,13-15H,2,4,6-11H2,1,3H3/t13-,14-,15+,16-/m0/s1. The minimum absolute atomic E-state index is 0.126. The predicted octanol–water partition coefficient (Wildman–Crippen LogP) is 4.10. The van der Waals surface area contributed by atoms with Crippen molar-refractivity contribution in [3.8, 4) is 0 Å². The number of carbonyl (C=O) groups is 1. The van der Waals surface area contributed by atoms with Crippen LogP contribution in [0.4, 0.5) is 0 Å². The van der Waals surface area contributed by atoms with Gasteiger partial charge in [-0.25, -0.2) is 0 Å². The fraction of sp³-hybridized carbons (Fsp3) is 0.812. The molecule has 0 aromatic heterocycles. The zero-order chi connectivity index (χ0) is 13.2. The molecule has 2 rings (SSSR count). The first-order valence-corrected chi connectivity index (χ1v) is 7.39. The van der Waals surface area contributed by atoms with Crippen molar-refractivity contribution in [2.45, 2.75) is 64.9 Å². The summed E-state index contributed by atoms with van der Waals surface area (Å²) in [5, 5.41) is 0. The van der Waals surface area contributed by atoms with Crippen molar-refractivity contribution in [3.05, 3.63) is 12.7 Å². The van der Waals surface area contributed by atoms with E-state index in [-0.39, 0.29) is 12.1 Å². The molecule has 0 radical (unpaired) electrons. The van der Waals surface area contributed by atoms with Crippen molar-refractivity contribution in [2.24, 2.45) is 17.3 Å². The van der Waals surface area contributed by atoms with Crippen molar-refractivity contribution in [1.29, 1.82) is 0 Å². The van der Waals surface area contributed by atoms with E-state index in [1.807, 2.05) is 6.08 Å². The summed E-state index contributed by atoms with van der Waals surface area (Å²) < 4.78 is 5.57. The zero-order valence-corrected chi connectivity index (χ0v) is 11.8. The Morgan fingerprint density at radius 1 is 1.50 bits per heavy atom. The highest BCUT2D eigenvalue weighted by Crippen LogP contribution is 2.65. The Morgan fingerprint density at radius 3 is 2.89 bits per heavy atom. The second-order valence-electron chi connectivity index (χ2n) is 6.24. The Balaban J connectivity index is 1.99. The molecule has 0 N–H and O–H groups in total. The summed E-state index contributed by atoms with van der Waals surface area (Å²) in [5.74, 6) is 1.27. The third kappa shape index (κ3) is 2.78. The minimum Gasteiger partial charge on any atom is -0.462 e. The second-order valence-corrected chi connectivity index (χ2v) is 6.24. The number of fused-ring (bicyclic) bond motifs is 1.